The lowest BCUT2D eigenvalue weighted by molar-refractivity contribution is -0.123. The van der Waals surface area contributed by atoms with Gasteiger partial charge in [0.1, 0.15) is 0 Å². The Morgan fingerprint density at radius 1 is 1.04 bits per heavy atom. The van der Waals surface area contributed by atoms with E-state index in [-0.39, 0.29) is 24.3 Å². The topological polar surface area (TPSA) is 61.4 Å². The Kier molecular flexibility index (Phi) is 6.72. The average molecular weight is 406 g/mol. The molecule has 1 fully saturated rings. The Hall–Kier alpha value is -2.08. The van der Waals surface area contributed by atoms with Gasteiger partial charge < -0.3 is 10.6 Å². The Morgan fingerprint density at radius 2 is 1.81 bits per heavy atom. The molecule has 1 aliphatic heterocycles. The molecule has 0 unspecified atom stereocenters. The molecule has 1 saturated heterocycles. The molecule has 2 N–H and O–H groups in total. The van der Waals surface area contributed by atoms with Crippen molar-refractivity contribution in [1.29, 1.82) is 0 Å². The normalized spacial score (nSPS) is 17.3. The van der Waals surface area contributed by atoms with Crippen molar-refractivity contribution in [2.24, 2.45) is 5.92 Å². The summed E-state index contributed by atoms with van der Waals surface area (Å²) < 4.78 is 0. The molecule has 2 aromatic carbocycles. The number of anilines is 2. The van der Waals surface area contributed by atoms with Crippen molar-refractivity contribution in [3.63, 3.8) is 0 Å². The van der Waals surface area contributed by atoms with Gasteiger partial charge in [-0.25, -0.2) is 0 Å². The van der Waals surface area contributed by atoms with Crippen LogP contribution in [-0.2, 0) is 9.59 Å². The largest absolute Gasteiger partial charge is 0.326 e. The van der Waals surface area contributed by atoms with Crippen molar-refractivity contribution in [3.05, 3.63) is 58.6 Å². The number of likely N-dealkylation sites (tertiary alicyclic amines) is 1. The fraction of sp³-hybridized carbons (Fsp3) is 0.300. The van der Waals surface area contributed by atoms with Crippen molar-refractivity contribution in [2.75, 3.05) is 30.3 Å². The van der Waals surface area contributed by atoms with Crippen LogP contribution in [0.4, 0.5) is 11.4 Å². The van der Waals surface area contributed by atoms with Crippen molar-refractivity contribution < 1.29 is 9.59 Å². The van der Waals surface area contributed by atoms with Gasteiger partial charge in [0.2, 0.25) is 11.8 Å². The lowest BCUT2D eigenvalue weighted by Crippen LogP contribution is -2.44. The molecule has 5 nitrogen and oxygen atoms in total. The fourth-order valence-electron chi connectivity index (χ4n) is 3.17. The number of nitrogens with one attached hydrogen (secondary N) is 2. The summed E-state index contributed by atoms with van der Waals surface area (Å²) >= 11 is 12.1. The molecule has 0 saturated carbocycles. The van der Waals surface area contributed by atoms with E-state index in [0.29, 0.717) is 22.3 Å². The second kappa shape index (κ2) is 9.22. The number of para-hydroxylation sites is 1. The van der Waals surface area contributed by atoms with Gasteiger partial charge in [0, 0.05) is 12.2 Å². The van der Waals surface area contributed by atoms with Gasteiger partial charge in [-0.2, -0.15) is 0 Å². The first-order valence-electron chi connectivity index (χ1n) is 8.85. The molecule has 3 rings (SSSR count). The van der Waals surface area contributed by atoms with Crippen molar-refractivity contribution in [3.8, 4) is 0 Å². The first-order valence-corrected chi connectivity index (χ1v) is 9.60. The summed E-state index contributed by atoms with van der Waals surface area (Å²) in [6.45, 7) is 1.54. The molecule has 142 valence electrons. The summed E-state index contributed by atoms with van der Waals surface area (Å²) in [5, 5.41) is 6.44. The maximum Gasteiger partial charge on any atom is 0.238 e. The summed E-state index contributed by atoms with van der Waals surface area (Å²) in [7, 11) is 0. The van der Waals surface area contributed by atoms with E-state index in [4.69, 9.17) is 23.2 Å². The molecular weight excluding hydrogens is 385 g/mol. The molecule has 0 radical (unpaired) electrons. The summed E-state index contributed by atoms with van der Waals surface area (Å²) in [5.41, 5.74) is 1.28. The standard InChI is InChI=1S/C20H21Cl2N3O2/c21-16-9-4-10-17(19(16)22)24-18(26)13-25-11-5-6-14(12-25)20(27)23-15-7-2-1-3-8-15/h1-4,7-10,14H,5-6,11-13H2,(H,23,27)(H,24,26)/t14-/m1/s1. The molecule has 0 aliphatic carbocycles. The van der Waals surface area contributed by atoms with Crippen LogP contribution >= 0.6 is 23.2 Å². The molecule has 2 aromatic rings. The quantitative estimate of drug-likeness (QED) is 0.779. The molecule has 1 atom stereocenters. The van der Waals surface area contributed by atoms with E-state index >= 15 is 0 Å². The predicted molar refractivity (Wildman–Crippen MR) is 109 cm³/mol. The van der Waals surface area contributed by atoms with Crippen molar-refractivity contribution in [1.82, 2.24) is 4.90 Å². The monoisotopic (exact) mass is 405 g/mol. The van der Waals surface area contributed by atoms with Gasteiger partial charge in [-0.3, -0.25) is 14.5 Å². The summed E-state index contributed by atoms with van der Waals surface area (Å²) in [4.78, 5) is 26.9. The molecule has 1 heterocycles. The van der Waals surface area contributed by atoms with E-state index in [2.05, 4.69) is 10.6 Å². The Bertz CT molecular complexity index is 814. The predicted octanol–water partition coefficient (Wildman–Crippen LogP) is 4.28. The van der Waals surface area contributed by atoms with E-state index < -0.39 is 0 Å². The van der Waals surface area contributed by atoms with Crippen molar-refractivity contribution >= 4 is 46.4 Å². The van der Waals surface area contributed by atoms with Gasteiger partial charge in [0.05, 0.1) is 28.2 Å². The minimum atomic E-state index is -0.178. The number of nitrogens with zero attached hydrogens (tertiary/aromatic N) is 1. The van der Waals surface area contributed by atoms with Crippen LogP contribution in [0.1, 0.15) is 12.8 Å². The molecule has 27 heavy (non-hydrogen) atoms. The highest BCUT2D eigenvalue weighted by Gasteiger charge is 2.27. The minimum absolute atomic E-state index is 0.0100. The smallest absolute Gasteiger partial charge is 0.238 e. The summed E-state index contributed by atoms with van der Waals surface area (Å²) in [6, 6.07) is 14.5. The van der Waals surface area contributed by atoms with Crippen molar-refractivity contribution in [2.45, 2.75) is 12.8 Å². The number of rotatable bonds is 5. The highest BCUT2D eigenvalue weighted by molar-refractivity contribution is 6.44. The van der Waals surface area contributed by atoms with Gasteiger partial charge in [-0.05, 0) is 43.7 Å². The van der Waals surface area contributed by atoms with Crippen LogP contribution in [0.3, 0.4) is 0 Å². The SMILES string of the molecule is O=C(CN1CCC[C@@H](C(=O)Nc2ccccc2)C1)Nc1cccc(Cl)c1Cl. The minimum Gasteiger partial charge on any atom is -0.326 e. The third-order valence-corrected chi connectivity index (χ3v) is 5.33. The van der Waals surface area contributed by atoms with Crippen LogP contribution in [0.25, 0.3) is 0 Å². The summed E-state index contributed by atoms with van der Waals surface area (Å²) in [6.07, 6.45) is 1.69. The zero-order valence-electron chi connectivity index (χ0n) is 14.8. The van der Waals surface area contributed by atoms with Crippen LogP contribution in [-0.4, -0.2) is 36.3 Å². The second-order valence-corrected chi connectivity index (χ2v) is 7.36. The first kappa shape index (κ1) is 19.7. The van der Waals surface area contributed by atoms with Gasteiger partial charge in [-0.15, -0.1) is 0 Å². The van der Waals surface area contributed by atoms with E-state index in [9.17, 15) is 9.59 Å². The third-order valence-electron chi connectivity index (χ3n) is 4.51. The maximum absolute atomic E-state index is 12.5. The molecule has 0 bridgehead atoms. The average Bonchev–Trinajstić information content (AvgIpc) is 2.66. The lowest BCUT2D eigenvalue weighted by Gasteiger charge is -2.31. The number of hydrogen-bond donors (Lipinski definition) is 2. The fourth-order valence-corrected chi connectivity index (χ4v) is 3.52. The lowest BCUT2D eigenvalue weighted by atomic mass is 9.97. The molecular formula is C20H21Cl2N3O2. The van der Waals surface area contributed by atoms with Gasteiger partial charge in [0.25, 0.3) is 0 Å². The highest BCUT2D eigenvalue weighted by atomic mass is 35.5. The zero-order chi connectivity index (χ0) is 19.2. The molecule has 0 spiro atoms. The number of carbonyl (C=O) groups excluding carboxylic acids is 2. The third kappa shape index (κ3) is 5.45. The number of amides is 2. The van der Waals surface area contributed by atoms with E-state index in [1.165, 1.54) is 0 Å². The van der Waals surface area contributed by atoms with Crippen LogP contribution in [0.2, 0.25) is 10.0 Å². The van der Waals surface area contributed by atoms with Crippen LogP contribution in [0.5, 0.6) is 0 Å². The highest BCUT2D eigenvalue weighted by Crippen LogP contribution is 2.29. The van der Waals surface area contributed by atoms with Crippen LogP contribution in [0, 0.1) is 5.92 Å². The van der Waals surface area contributed by atoms with E-state index in [1.54, 1.807) is 18.2 Å². The Balaban J connectivity index is 1.54. The molecule has 1 aliphatic rings. The van der Waals surface area contributed by atoms with Crippen LogP contribution < -0.4 is 10.6 Å². The second-order valence-electron chi connectivity index (χ2n) is 6.58. The van der Waals surface area contributed by atoms with Gasteiger partial charge in [0.15, 0.2) is 0 Å². The Labute approximate surface area is 168 Å². The molecule has 7 heteroatoms. The zero-order valence-corrected chi connectivity index (χ0v) is 16.3. The van der Waals surface area contributed by atoms with E-state index in [1.807, 2.05) is 35.2 Å². The van der Waals surface area contributed by atoms with Crippen LogP contribution in [0.15, 0.2) is 48.5 Å². The van der Waals surface area contributed by atoms with Gasteiger partial charge in [-0.1, -0.05) is 47.5 Å². The maximum atomic E-state index is 12.5. The Morgan fingerprint density at radius 3 is 2.59 bits per heavy atom. The number of carbonyl (C=O) groups is 2. The van der Waals surface area contributed by atoms with Gasteiger partial charge >= 0.3 is 0 Å². The van der Waals surface area contributed by atoms with E-state index in [0.717, 1.165) is 25.1 Å². The number of piperidine rings is 1. The number of hydrogen-bond acceptors (Lipinski definition) is 3. The molecule has 2 amide bonds. The summed E-state index contributed by atoms with van der Waals surface area (Å²) in [5.74, 6) is -0.325. The first-order chi connectivity index (χ1) is 13.0. The number of benzene rings is 2. The molecule has 0 aromatic heterocycles. The number of halogens is 2.